The average molecular weight is 700 g/mol. The standard InChI is InChI=1S/C36H50FN5O4S2/c1-6-39-19-21-41(22-20-39)27-11-15-40(16-12-27)26-13-17-42(18-14-26)35-30-23-28(47(5)43)7-9-32(30)38-25-34(35)48(44,45)29-8-10-33(31(37)24-29)46-36(2,3)4/h7-10,23-27H,6,11-22H2,1-5H3. The number of benzene rings is 2. The number of rotatable bonds is 8. The molecule has 0 spiro atoms. The Bertz CT molecular complexity index is 1690. The van der Waals surface area contributed by atoms with Crippen molar-refractivity contribution in [3.63, 3.8) is 0 Å². The van der Waals surface area contributed by atoms with Gasteiger partial charge in [-0.15, -0.1) is 0 Å². The number of hydrogen-bond acceptors (Lipinski definition) is 9. The molecule has 0 bridgehead atoms. The summed E-state index contributed by atoms with van der Waals surface area (Å²) in [5.74, 6) is -0.740. The molecule has 3 aliphatic rings. The average Bonchev–Trinajstić information content (AvgIpc) is 3.08. The normalized spacial score (nSPS) is 20.8. The number of pyridine rings is 1. The number of sulfone groups is 1. The lowest BCUT2D eigenvalue weighted by molar-refractivity contribution is 0.0449. The Hall–Kier alpha value is -2.48. The predicted molar refractivity (Wildman–Crippen MR) is 190 cm³/mol. The molecule has 3 aromatic rings. The Balaban J connectivity index is 1.23. The lowest BCUT2D eigenvalue weighted by Crippen LogP contribution is -2.55. The van der Waals surface area contributed by atoms with Crippen molar-refractivity contribution in [2.24, 2.45) is 0 Å². The maximum atomic E-state index is 15.2. The van der Waals surface area contributed by atoms with Crippen molar-refractivity contribution in [1.82, 2.24) is 19.7 Å². The number of piperidine rings is 2. The largest absolute Gasteiger partial charge is 0.612 e. The number of fused-ring (bicyclic) bond motifs is 1. The predicted octanol–water partition coefficient (Wildman–Crippen LogP) is 5.19. The van der Waals surface area contributed by atoms with E-state index in [9.17, 15) is 13.0 Å². The fraction of sp³-hybridized carbons (Fsp3) is 0.583. The molecule has 9 nitrogen and oxygen atoms in total. The number of ether oxygens (including phenoxy) is 1. The van der Waals surface area contributed by atoms with Crippen LogP contribution in [0, 0.1) is 5.82 Å². The van der Waals surface area contributed by atoms with Gasteiger partial charge in [0, 0.05) is 69.0 Å². The third kappa shape index (κ3) is 7.63. The second kappa shape index (κ2) is 14.4. The molecule has 262 valence electrons. The topological polar surface area (TPSA) is 92.3 Å². The Morgan fingerprint density at radius 2 is 1.54 bits per heavy atom. The highest BCUT2D eigenvalue weighted by molar-refractivity contribution is 7.91. The van der Waals surface area contributed by atoms with E-state index in [4.69, 9.17) is 4.74 Å². The van der Waals surface area contributed by atoms with Crippen LogP contribution in [-0.4, -0.2) is 115 Å². The molecule has 0 aliphatic carbocycles. The Kier molecular flexibility index (Phi) is 10.6. The number of nitrogens with zero attached hydrogens (tertiary/aromatic N) is 5. The van der Waals surface area contributed by atoms with Crippen molar-refractivity contribution < 1.29 is 22.1 Å². The first kappa shape index (κ1) is 35.3. The number of aromatic nitrogens is 1. The first-order valence-corrected chi connectivity index (χ1v) is 20.3. The molecule has 12 heteroatoms. The van der Waals surface area contributed by atoms with E-state index in [0.717, 1.165) is 64.7 Å². The molecule has 1 unspecified atom stereocenters. The van der Waals surface area contributed by atoms with E-state index in [1.807, 2.05) is 20.8 Å². The number of likely N-dealkylation sites (tertiary alicyclic amines) is 1. The molecule has 0 N–H and O–H groups in total. The van der Waals surface area contributed by atoms with Gasteiger partial charge in [-0.1, -0.05) is 6.92 Å². The monoisotopic (exact) mass is 699 g/mol. The van der Waals surface area contributed by atoms with Crippen LogP contribution in [0.2, 0.25) is 0 Å². The fourth-order valence-corrected chi connectivity index (χ4v) is 9.53. The van der Waals surface area contributed by atoms with Gasteiger partial charge in [0.2, 0.25) is 9.84 Å². The summed E-state index contributed by atoms with van der Waals surface area (Å²) in [5, 5.41) is 0.638. The summed E-state index contributed by atoms with van der Waals surface area (Å²) in [6.07, 6.45) is 7.21. The zero-order valence-corrected chi connectivity index (χ0v) is 30.6. The second-order valence-corrected chi connectivity index (χ2v) is 17.7. The number of piperazine rings is 1. The summed E-state index contributed by atoms with van der Waals surface area (Å²) in [6, 6.07) is 10.3. The highest BCUT2D eigenvalue weighted by atomic mass is 32.2. The van der Waals surface area contributed by atoms with Gasteiger partial charge in [0.1, 0.15) is 16.8 Å². The van der Waals surface area contributed by atoms with Gasteiger partial charge in [-0.2, -0.15) is 0 Å². The molecule has 4 heterocycles. The molecule has 3 aliphatic heterocycles. The molecule has 6 rings (SSSR count). The van der Waals surface area contributed by atoms with Gasteiger partial charge in [0.15, 0.2) is 16.5 Å². The minimum Gasteiger partial charge on any atom is -0.612 e. The van der Waals surface area contributed by atoms with Crippen LogP contribution in [0.1, 0.15) is 53.4 Å². The molecule has 0 saturated carbocycles. The molecule has 2 aromatic carbocycles. The van der Waals surface area contributed by atoms with Gasteiger partial charge < -0.3 is 24.0 Å². The number of anilines is 1. The van der Waals surface area contributed by atoms with Crippen molar-refractivity contribution in [2.45, 2.75) is 85.7 Å². The lowest BCUT2D eigenvalue weighted by atomic mass is 9.96. The van der Waals surface area contributed by atoms with E-state index in [0.29, 0.717) is 46.7 Å². The smallest absolute Gasteiger partial charge is 0.210 e. The molecule has 1 aromatic heterocycles. The number of halogens is 1. The van der Waals surface area contributed by atoms with E-state index in [1.54, 1.807) is 24.5 Å². The zero-order valence-electron chi connectivity index (χ0n) is 29.0. The van der Waals surface area contributed by atoms with Crippen molar-refractivity contribution in [3.8, 4) is 5.75 Å². The van der Waals surface area contributed by atoms with Crippen LogP contribution < -0.4 is 9.64 Å². The second-order valence-electron chi connectivity index (χ2n) is 14.4. The minimum absolute atomic E-state index is 0.00134. The molecular weight excluding hydrogens is 650 g/mol. The van der Waals surface area contributed by atoms with Crippen LogP contribution in [0.25, 0.3) is 10.9 Å². The van der Waals surface area contributed by atoms with Crippen LogP contribution in [0.4, 0.5) is 10.1 Å². The minimum atomic E-state index is -4.18. The summed E-state index contributed by atoms with van der Waals surface area (Å²) >= 11 is -1.26. The quantitative estimate of drug-likeness (QED) is 0.295. The van der Waals surface area contributed by atoms with Gasteiger partial charge in [-0.05, 0) is 108 Å². The first-order valence-electron chi connectivity index (χ1n) is 17.3. The first-order chi connectivity index (χ1) is 22.8. The third-order valence-electron chi connectivity index (χ3n) is 10.2. The van der Waals surface area contributed by atoms with Crippen molar-refractivity contribution >= 4 is 37.6 Å². The Morgan fingerprint density at radius 1 is 0.917 bits per heavy atom. The van der Waals surface area contributed by atoms with E-state index < -0.39 is 32.4 Å². The lowest BCUT2D eigenvalue weighted by Gasteiger charge is -2.46. The van der Waals surface area contributed by atoms with Crippen LogP contribution in [0.15, 0.2) is 57.3 Å². The van der Waals surface area contributed by atoms with Crippen LogP contribution in [0.3, 0.4) is 0 Å². The molecule has 0 amide bonds. The summed E-state index contributed by atoms with van der Waals surface area (Å²) in [4.78, 5) is 15.0. The van der Waals surface area contributed by atoms with Crippen molar-refractivity contribution in [2.75, 3.05) is 70.1 Å². The molecule has 3 saturated heterocycles. The molecular formula is C36H50FN5O4S2. The van der Waals surface area contributed by atoms with Gasteiger partial charge in [0.25, 0.3) is 0 Å². The molecule has 3 fully saturated rings. The highest BCUT2D eigenvalue weighted by Crippen LogP contribution is 2.39. The van der Waals surface area contributed by atoms with Gasteiger partial charge in [-0.3, -0.25) is 9.88 Å². The van der Waals surface area contributed by atoms with Crippen LogP contribution >= 0.6 is 0 Å². The summed E-state index contributed by atoms with van der Waals surface area (Å²) < 4.78 is 61.9. The van der Waals surface area contributed by atoms with E-state index >= 15 is 4.39 Å². The third-order valence-corrected chi connectivity index (χ3v) is 12.9. The maximum Gasteiger partial charge on any atom is 0.210 e. The Labute approximate surface area is 288 Å². The van der Waals surface area contributed by atoms with Gasteiger partial charge in [-0.25, -0.2) is 12.8 Å². The van der Waals surface area contributed by atoms with Crippen molar-refractivity contribution in [3.05, 3.63) is 48.4 Å². The SMILES string of the molecule is CCN1CCN(C2CCN(C3CCN(c4c(S(=O)(=O)c5ccc(OC(C)(C)C)c(F)c5)cnc5ccc([S+](C)[O-])cc45)CC3)CC2)CC1. The van der Waals surface area contributed by atoms with Crippen LogP contribution in [0.5, 0.6) is 5.75 Å². The number of likely N-dealkylation sites (N-methyl/N-ethyl adjacent to an activating group) is 1. The highest BCUT2D eigenvalue weighted by Gasteiger charge is 2.34. The Morgan fingerprint density at radius 3 is 2.12 bits per heavy atom. The van der Waals surface area contributed by atoms with Gasteiger partial charge >= 0.3 is 0 Å². The molecule has 1 atom stereocenters. The molecule has 48 heavy (non-hydrogen) atoms. The van der Waals surface area contributed by atoms with E-state index in [1.165, 1.54) is 31.2 Å². The zero-order chi connectivity index (χ0) is 34.2. The summed E-state index contributed by atoms with van der Waals surface area (Å²) in [6.45, 7) is 17.0. The summed E-state index contributed by atoms with van der Waals surface area (Å²) in [5.41, 5.74) is 0.535. The van der Waals surface area contributed by atoms with E-state index in [2.05, 4.69) is 31.5 Å². The van der Waals surface area contributed by atoms with Gasteiger partial charge in [0.05, 0.1) is 16.1 Å². The van der Waals surface area contributed by atoms with Crippen LogP contribution in [-0.2, 0) is 21.0 Å². The van der Waals surface area contributed by atoms with Crippen molar-refractivity contribution in [1.29, 1.82) is 0 Å². The molecule has 0 radical (unpaired) electrons. The van der Waals surface area contributed by atoms with E-state index in [-0.39, 0.29) is 15.5 Å². The maximum absolute atomic E-state index is 15.2. The number of hydrogen-bond donors (Lipinski definition) is 0. The fourth-order valence-electron chi connectivity index (χ4n) is 7.54. The summed E-state index contributed by atoms with van der Waals surface area (Å²) in [7, 11) is -4.18.